The number of nitrogens with zero attached hydrogens (tertiary/aromatic N) is 2. The van der Waals surface area contributed by atoms with Gasteiger partial charge in [-0.3, -0.25) is 14.6 Å². The Hall–Kier alpha value is -1.59. The molecule has 0 unspecified atom stereocenters. The lowest BCUT2D eigenvalue weighted by Crippen LogP contribution is -2.40. The normalized spacial score (nSPS) is 16.9. The van der Waals surface area contributed by atoms with Crippen molar-refractivity contribution in [1.29, 1.82) is 0 Å². The SMILES string of the molecule is CCOC(=O)C1CCN(C(=O)CCCCN=C(C)N)CC1. The Kier molecular flexibility index (Phi) is 7.79. The van der Waals surface area contributed by atoms with Crippen LogP contribution in [0.1, 0.15) is 46.0 Å². The number of likely N-dealkylation sites (tertiary alicyclic amines) is 1. The van der Waals surface area contributed by atoms with Crippen LogP contribution in [0.15, 0.2) is 4.99 Å². The van der Waals surface area contributed by atoms with E-state index in [2.05, 4.69) is 4.99 Å². The molecule has 1 heterocycles. The van der Waals surface area contributed by atoms with Crippen molar-refractivity contribution in [2.45, 2.75) is 46.0 Å². The maximum atomic E-state index is 12.0. The predicted molar refractivity (Wildman–Crippen MR) is 82.0 cm³/mol. The molecular weight excluding hydrogens is 270 g/mol. The number of carbonyl (C=O) groups is 2. The third kappa shape index (κ3) is 6.60. The number of esters is 1. The fourth-order valence-corrected chi connectivity index (χ4v) is 2.43. The number of carbonyl (C=O) groups excluding carboxylic acids is 2. The molecule has 0 spiro atoms. The van der Waals surface area contributed by atoms with Gasteiger partial charge < -0.3 is 15.4 Å². The summed E-state index contributed by atoms with van der Waals surface area (Å²) in [7, 11) is 0. The predicted octanol–water partition coefficient (Wildman–Crippen LogP) is 1.34. The minimum atomic E-state index is -0.125. The van der Waals surface area contributed by atoms with Crippen LogP contribution in [0.3, 0.4) is 0 Å². The highest BCUT2D eigenvalue weighted by molar-refractivity contribution is 5.78. The van der Waals surface area contributed by atoms with E-state index in [9.17, 15) is 9.59 Å². The summed E-state index contributed by atoms with van der Waals surface area (Å²) in [6.07, 6.45) is 3.67. The third-order valence-corrected chi connectivity index (χ3v) is 3.63. The molecule has 120 valence electrons. The second-order valence-corrected chi connectivity index (χ2v) is 5.39. The zero-order valence-corrected chi connectivity index (χ0v) is 13.1. The molecule has 0 bridgehead atoms. The van der Waals surface area contributed by atoms with Gasteiger partial charge in [-0.2, -0.15) is 0 Å². The Morgan fingerprint density at radius 1 is 1.29 bits per heavy atom. The Bertz CT molecular complexity index is 370. The number of unbranched alkanes of at least 4 members (excludes halogenated alkanes) is 1. The number of piperidine rings is 1. The van der Waals surface area contributed by atoms with E-state index in [1.54, 1.807) is 6.92 Å². The van der Waals surface area contributed by atoms with E-state index in [0.717, 1.165) is 12.8 Å². The van der Waals surface area contributed by atoms with Gasteiger partial charge in [-0.1, -0.05) is 0 Å². The number of hydrogen-bond donors (Lipinski definition) is 1. The van der Waals surface area contributed by atoms with E-state index < -0.39 is 0 Å². The number of amides is 1. The van der Waals surface area contributed by atoms with Gasteiger partial charge >= 0.3 is 5.97 Å². The van der Waals surface area contributed by atoms with Gasteiger partial charge in [0, 0.05) is 26.1 Å². The molecule has 6 heteroatoms. The number of aliphatic imine (C=N–C) groups is 1. The van der Waals surface area contributed by atoms with Crippen LogP contribution in [0.5, 0.6) is 0 Å². The highest BCUT2D eigenvalue weighted by atomic mass is 16.5. The molecule has 0 atom stereocenters. The molecular formula is C15H27N3O3. The monoisotopic (exact) mass is 297 g/mol. The summed E-state index contributed by atoms with van der Waals surface area (Å²) in [4.78, 5) is 29.6. The number of amidine groups is 1. The van der Waals surface area contributed by atoms with Crippen molar-refractivity contribution in [2.75, 3.05) is 26.2 Å². The summed E-state index contributed by atoms with van der Waals surface area (Å²) in [6.45, 7) is 5.99. The first-order valence-electron chi connectivity index (χ1n) is 7.75. The maximum Gasteiger partial charge on any atom is 0.309 e. The molecule has 0 aromatic rings. The molecule has 0 saturated carbocycles. The van der Waals surface area contributed by atoms with E-state index in [4.69, 9.17) is 10.5 Å². The van der Waals surface area contributed by atoms with Crippen molar-refractivity contribution in [3.8, 4) is 0 Å². The molecule has 1 fully saturated rings. The van der Waals surface area contributed by atoms with E-state index in [1.807, 2.05) is 11.8 Å². The standard InChI is InChI=1S/C15H27N3O3/c1-3-21-15(20)13-7-10-18(11-8-13)14(19)6-4-5-9-17-12(2)16/h13H,3-11H2,1-2H3,(H2,16,17). The second-order valence-electron chi connectivity index (χ2n) is 5.39. The van der Waals surface area contributed by atoms with Gasteiger partial charge in [0.2, 0.25) is 5.91 Å². The second kappa shape index (κ2) is 9.37. The molecule has 1 aliphatic heterocycles. The largest absolute Gasteiger partial charge is 0.466 e. The number of nitrogens with two attached hydrogens (primary N) is 1. The fourth-order valence-electron chi connectivity index (χ4n) is 2.43. The highest BCUT2D eigenvalue weighted by Gasteiger charge is 2.27. The quantitative estimate of drug-likeness (QED) is 0.332. The fraction of sp³-hybridized carbons (Fsp3) is 0.800. The van der Waals surface area contributed by atoms with Crippen LogP contribution >= 0.6 is 0 Å². The summed E-state index contributed by atoms with van der Waals surface area (Å²) in [6, 6.07) is 0. The van der Waals surface area contributed by atoms with Crippen molar-refractivity contribution in [1.82, 2.24) is 4.90 Å². The van der Waals surface area contributed by atoms with Crippen LogP contribution in [-0.4, -0.2) is 48.9 Å². The lowest BCUT2D eigenvalue weighted by molar-refractivity contribution is -0.151. The average Bonchev–Trinajstić information content (AvgIpc) is 2.46. The van der Waals surface area contributed by atoms with Crippen LogP contribution in [0.2, 0.25) is 0 Å². The molecule has 21 heavy (non-hydrogen) atoms. The third-order valence-electron chi connectivity index (χ3n) is 3.63. The topological polar surface area (TPSA) is 85.0 Å². The summed E-state index contributed by atoms with van der Waals surface area (Å²) in [5.74, 6) is 0.587. The lowest BCUT2D eigenvalue weighted by Gasteiger charge is -2.31. The molecule has 1 rings (SSSR count). The molecule has 1 saturated heterocycles. The summed E-state index contributed by atoms with van der Waals surface area (Å²) in [5, 5.41) is 0. The number of ether oxygens (including phenoxy) is 1. The van der Waals surface area contributed by atoms with Crippen molar-refractivity contribution in [2.24, 2.45) is 16.6 Å². The van der Waals surface area contributed by atoms with Crippen LogP contribution in [0.4, 0.5) is 0 Å². The van der Waals surface area contributed by atoms with E-state index >= 15 is 0 Å². The van der Waals surface area contributed by atoms with Gasteiger partial charge in [0.05, 0.1) is 18.4 Å². The summed E-state index contributed by atoms with van der Waals surface area (Å²) >= 11 is 0. The summed E-state index contributed by atoms with van der Waals surface area (Å²) < 4.78 is 5.02. The molecule has 0 aromatic carbocycles. The van der Waals surface area contributed by atoms with Gasteiger partial charge in [0.15, 0.2) is 0 Å². The molecule has 0 aromatic heterocycles. The average molecular weight is 297 g/mol. The smallest absolute Gasteiger partial charge is 0.309 e. The minimum absolute atomic E-state index is 0.0455. The Morgan fingerprint density at radius 2 is 1.95 bits per heavy atom. The van der Waals surface area contributed by atoms with Crippen molar-refractivity contribution in [3.63, 3.8) is 0 Å². The van der Waals surface area contributed by atoms with Crippen LogP contribution in [-0.2, 0) is 14.3 Å². The van der Waals surface area contributed by atoms with Gasteiger partial charge in [-0.05, 0) is 39.5 Å². The molecule has 0 aliphatic carbocycles. The van der Waals surface area contributed by atoms with Crippen LogP contribution in [0.25, 0.3) is 0 Å². The Morgan fingerprint density at radius 3 is 2.52 bits per heavy atom. The first-order chi connectivity index (χ1) is 10.0. The van der Waals surface area contributed by atoms with Gasteiger partial charge in [-0.25, -0.2) is 0 Å². The van der Waals surface area contributed by atoms with Crippen molar-refractivity contribution >= 4 is 17.7 Å². The lowest BCUT2D eigenvalue weighted by atomic mass is 9.96. The molecule has 6 nitrogen and oxygen atoms in total. The van der Waals surface area contributed by atoms with Gasteiger partial charge in [0.1, 0.15) is 0 Å². The highest BCUT2D eigenvalue weighted by Crippen LogP contribution is 2.19. The molecule has 1 aliphatic rings. The van der Waals surface area contributed by atoms with Gasteiger partial charge in [-0.15, -0.1) is 0 Å². The van der Waals surface area contributed by atoms with E-state index in [0.29, 0.717) is 51.3 Å². The van der Waals surface area contributed by atoms with Crippen molar-refractivity contribution < 1.29 is 14.3 Å². The zero-order valence-electron chi connectivity index (χ0n) is 13.1. The van der Waals surface area contributed by atoms with Gasteiger partial charge in [0.25, 0.3) is 0 Å². The Balaban J connectivity index is 2.20. The first-order valence-corrected chi connectivity index (χ1v) is 7.75. The summed E-state index contributed by atoms with van der Waals surface area (Å²) in [5.41, 5.74) is 5.45. The Labute approximate surface area is 126 Å². The maximum absolute atomic E-state index is 12.0. The van der Waals surface area contributed by atoms with E-state index in [-0.39, 0.29) is 17.8 Å². The number of rotatable bonds is 7. The van der Waals surface area contributed by atoms with Crippen LogP contribution in [0, 0.1) is 5.92 Å². The molecule has 1 amide bonds. The minimum Gasteiger partial charge on any atom is -0.466 e. The molecule has 0 radical (unpaired) electrons. The zero-order chi connectivity index (χ0) is 15.7. The van der Waals surface area contributed by atoms with Crippen LogP contribution < -0.4 is 5.73 Å². The molecule has 2 N–H and O–H groups in total. The first kappa shape index (κ1) is 17.5. The number of hydrogen-bond acceptors (Lipinski definition) is 4. The van der Waals surface area contributed by atoms with E-state index in [1.165, 1.54) is 0 Å². The van der Waals surface area contributed by atoms with Crippen molar-refractivity contribution in [3.05, 3.63) is 0 Å².